The number of rotatable bonds is 4. The maximum absolute atomic E-state index is 12.4. The van der Waals surface area contributed by atoms with Crippen LogP contribution in [0.25, 0.3) is 0 Å². The van der Waals surface area contributed by atoms with E-state index in [9.17, 15) is 8.42 Å². The van der Waals surface area contributed by atoms with Crippen LogP contribution in [-0.4, -0.2) is 25.8 Å². The number of sulfonamides is 1. The third kappa shape index (κ3) is 2.74. The van der Waals surface area contributed by atoms with Gasteiger partial charge in [-0.25, -0.2) is 8.42 Å². The van der Waals surface area contributed by atoms with E-state index < -0.39 is 10.0 Å². The molecule has 1 aromatic rings. The molecule has 1 fully saturated rings. The molecule has 0 aromatic carbocycles. The van der Waals surface area contributed by atoms with Gasteiger partial charge in [0.05, 0.1) is 0 Å². The predicted molar refractivity (Wildman–Crippen MR) is 75.6 cm³/mol. The van der Waals surface area contributed by atoms with Gasteiger partial charge in [-0.05, 0) is 35.3 Å². The molecule has 0 N–H and O–H groups in total. The van der Waals surface area contributed by atoms with E-state index in [-0.39, 0.29) is 0 Å². The van der Waals surface area contributed by atoms with Crippen LogP contribution in [0, 0.1) is 11.8 Å². The molecule has 1 atom stereocenters. The number of thiophene rings is 1. The van der Waals surface area contributed by atoms with E-state index in [4.69, 9.17) is 11.6 Å². The molecule has 1 unspecified atom stereocenters. The first-order valence-electron chi connectivity index (χ1n) is 6.08. The standard InChI is InChI=1S/C12H18ClNO2S2/c1-9(2)11-3-4-14(7-11)18(15,16)12-5-10(6-13)8-17-12/h5,8-9,11H,3-4,6-7H2,1-2H3. The monoisotopic (exact) mass is 307 g/mol. The zero-order valence-electron chi connectivity index (χ0n) is 10.6. The molecule has 102 valence electrons. The summed E-state index contributed by atoms with van der Waals surface area (Å²) in [6.07, 6.45) is 0.963. The molecular formula is C12H18ClNO2S2. The fraction of sp³-hybridized carbons (Fsp3) is 0.667. The summed E-state index contributed by atoms with van der Waals surface area (Å²) < 4.78 is 26.9. The van der Waals surface area contributed by atoms with E-state index in [1.54, 1.807) is 10.4 Å². The summed E-state index contributed by atoms with van der Waals surface area (Å²) in [6, 6.07) is 1.69. The lowest BCUT2D eigenvalue weighted by Crippen LogP contribution is -2.28. The summed E-state index contributed by atoms with van der Waals surface area (Å²) in [5.74, 6) is 1.37. The minimum Gasteiger partial charge on any atom is -0.206 e. The van der Waals surface area contributed by atoms with Gasteiger partial charge in [0.2, 0.25) is 0 Å². The minimum atomic E-state index is -3.30. The molecular weight excluding hydrogens is 290 g/mol. The Morgan fingerprint density at radius 1 is 1.56 bits per heavy atom. The molecule has 3 nitrogen and oxygen atoms in total. The summed E-state index contributed by atoms with van der Waals surface area (Å²) in [5, 5.41) is 1.82. The van der Waals surface area contributed by atoms with Crippen LogP contribution in [0.3, 0.4) is 0 Å². The Labute approximate surface area is 118 Å². The lowest BCUT2D eigenvalue weighted by Gasteiger charge is -2.17. The van der Waals surface area contributed by atoms with Crippen molar-refractivity contribution in [2.45, 2.75) is 30.4 Å². The van der Waals surface area contributed by atoms with Gasteiger partial charge in [0.15, 0.2) is 0 Å². The highest BCUT2D eigenvalue weighted by Crippen LogP contribution is 2.31. The average molecular weight is 308 g/mol. The summed E-state index contributed by atoms with van der Waals surface area (Å²) in [4.78, 5) is 0. The molecule has 0 amide bonds. The van der Waals surface area contributed by atoms with Gasteiger partial charge in [0, 0.05) is 19.0 Å². The molecule has 0 radical (unpaired) electrons. The maximum atomic E-state index is 12.4. The molecule has 0 aliphatic carbocycles. The first kappa shape index (κ1) is 14.3. The molecule has 1 saturated heterocycles. The highest BCUT2D eigenvalue weighted by molar-refractivity contribution is 7.91. The van der Waals surface area contributed by atoms with Crippen molar-refractivity contribution in [2.24, 2.45) is 11.8 Å². The Bertz CT molecular complexity index is 510. The SMILES string of the molecule is CC(C)C1CCN(S(=O)(=O)c2cc(CCl)cs2)C1. The molecule has 0 spiro atoms. The fourth-order valence-electron chi connectivity index (χ4n) is 2.20. The average Bonchev–Trinajstić information content (AvgIpc) is 2.98. The molecule has 1 aromatic heterocycles. The van der Waals surface area contributed by atoms with Crippen LogP contribution in [0.5, 0.6) is 0 Å². The topological polar surface area (TPSA) is 37.4 Å². The van der Waals surface area contributed by atoms with Crippen LogP contribution in [0.4, 0.5) is 0 Å². The Morgan fingerprint density at radius 2 is 2.28 bits per heavy atom. The molecule has 2 rings (SSSR count). The van der Waals surface area contributed by atoms with Gasteiger partial charge in [0.1, 0.15) is 4.21 Å². The Morgan fingerprint density at radius 3 is 2.78 bits per heavy atom. The van der Waals surface area contributed by atoms with Crippen LogP contribution in [0.2, 0.25) is 0 Å². The van der Waals surface area contributed by atoms with Crippen molar-refractivity contribution in [3.8, 4) is 0 Å². The first-order valence-corrected chi connectivity index (χ1v) is 8.94. The largest absolute Gasteiger partial charge is 0.252 e. The van der Waals surface area contributed by atoms with Crippen molar-refractivity contribution in [3.05, 3.63) is 17.0 Å². The van der Waals surface area contributed by atoms with Crippen molar-refractivity contribution >= 4 is 33.0 Å². The molecule has 0 bridgehead atoms. The maximum Gasteiger partial charge on any atom is 0.252 e. The van der Waals surface area contributed by atoms with E-state index >= 15 is 0 Å². The number of halogens is 1. The van der Waals surface area contributed by atoms with E-state index in [1.807, 2.05) is 5.38 Å². The third-order valence-corrected chi connectivity index (χ3v) is 7.15. The normalized spacial score (nSPS) is 21.9. The molecule has 1 aliphatic heterocycles. The lowest BCUT2D eigenvalue weighted by atomic mass is 9.96. The highest BCUT2D eigenvalue weighted by Gasteiger charge is 2.34. The van der Waals surface area contributed by atoms with Gasteiger partial charge in [-0.2, -0.15) is 4.31 Å². The summed E-state index contributed by atoms with van der Waals surface area (Å²) in [6.45, 7) is 5.59. The van der Waals surface area contributed by atoms with Crippen molar-refractivity contribution in [1.29, 1.82) is 0 Å². The second-order valence-electron chi connectivity index (χ2n) is 5.06. The van der Waals surface area contributed by atoms with Gasteiger partial charge < -0.3 is 0 Å². The highest BCUT2D eigenvalue weighted by atomic mass is 35.5. The van der Waals surface area contributed by atoms with Crippen molar-refractivity contribution in [1.82, 2.24) is 4.31 Å². The second kappa shape index (κ2) is 5.49. The van der Waals surface area contributed by atoms with E-state index in [0.29, 0.717) is 35.0 Å². The van der Waals surface area contributed by atoms with Gasteiger partial charge in [-0.1, -0.05) is 13.8 Å². The molecule has 6 heteroatoms. The quantitative estimate of drug-likeness (QED) is 0.801. The molecule has 18 heavy (non-hydrogen) atoms. The van der Waals surface area contributed by atoms with E-state index in [2.05, 4.69) is 13.8 Å². The van der Waals surface area contributed by atoms with Crippen LogP contribution < -0.4 is 0 Å². The predicted octanol–water partition coefficient (Wildman–Crippen LogP) is 3.15. The summed E-state index contributed by atoms with van der Waals surface area (Å²) in [7, 11) is -3.30. The second-order valence-corrected chi connectivity index (χ2v) is 8.41. The van der Waals surface area contributed by atoms with Crippen LogP contribution in [-0.2, 0) is 15.9 Å². The van der Waals surface area contributed by atoms with Crippen molar-refractivity contribution in [3.63, 3.8) is 0 Å². The lowest BCUT2D eigenvalue weighted by molar-refractivity contribution is 0.389. The number of nitrogens with zero attached hydrogens (tertiary/aromatic N) is 1. The zero-order valence-corrected chi connectivity index (χ0v) is 13.0. The Hall–Kier alpha value is -0.100. The van der Waals surface area contributed by atoms with E-state index in [0.717, 1.165) is 12.0 Å². The molecule has 2 heterocycles. The van der Waals surface area contributed by atoms with Gasteiger partial charge in [-0.15, -0.1) is 22.9 Å². The third-order valence-electron chi connectivity index (χ3n) is 3.51. The number of hydrogen-bond donors (Lipinski definition) is 0. The van der Waals surface area contributed by atoms with Crippen molar-refractivity contribution < 1.29 is 8.42 Å². The van der Waals surface area contributed by atoms with Crippen LogP contribution in [0.1, 0.15) is 25.8 Å². The Balaban J connectivity index is 2.17. The Kier molecular flexibility index (Phi) is 4.36. The minimum absolute atomic E-state index is 0.362. The van der Waals surface area contributed by atoms with Crippen LogP contribution >= 0.6 is 22.9 Å². The number of hydrogen-bond acceptors (Lipinski definition) is 3. The summed E-state index contributed by atoms with van der Waals surface area (Å²) >= 11 is 6.98. The first-order chi connectivity index (χ1) is 8.45. The van der Waals surface area contributed by atoms with E-state index in [1.165, 1.54) is 11.3 Å². The van der Waals surface area contributed by atoms with Crippen molar-refractivity contribution in [2.75, 3.05) is 13.1 Å². The van der Waals surface area contributed by atoms with Gasteiger partial charge >= 0.3 is 0 Å². The van der Waals surface area contributed by atoms with Gasteiger partial charge in [0.25, 0.3) is 10.0 Å². The number of alkyl halides is 1. The molecule has 0 saturated carbocycles. The smallest absolute Gasteiger partial charge is 0.206 e. The van der Waals surface area contributed by atoms with Gasteiger partial charge in [-0.3, -0.25) is 0 Å². The summed E-state index contributed by atoms with van der Waals surface area (Å²) in [5.41, 5.74) is 0.875. The zero-order chi connectivity index (χ0) is 13.3. The molecule has 1 aliphatic rings. The van der Waals surface area contributed by atoms with Crippen LogP contribution in [0.15, 0.2) is 15.7 Å². The fourth-order valence-corrected chi connectivity index (χ4v) is 5.32.